The van der Waals surface area contributed by atoms with Crippen molar-refractivity contribution in [3.05, 3.63) is 0 Å². The van der Waals surface area contributed by atoms with Gasteiger partial charge in [-0.2, -0.15) is 0 Å². The molecule has 1 saturated heterocycles. The highest BCUT2D eigenvalue weighted by molar-refractivity contribution is 5.60. The Kier molecular flexibility index (Phi) is 5.40. The van der Waals surface area contributed by atoms with Crippen molar-refractivity contribution in [2.75, 3.05) is 26.3 Å². The minimum Gasteiger partial charge on any atom is -0.380 e. The minimum atomic E-state index is -0.240. The Hall–Kier alpha value is -0.410. The van der Waals surface area contributed by atoms with Gasteiger partial charge in [-0.05, 0) is 31.6 Å². The third kappa shape index (κ3) is 4.03. The number of aldehydes is 1. The van der Waals surface area contributed by atoms with E-state index in [-0.39, 0.29) is 5.41 Å². The zero-order valence-corrected chi connectivity index (χ0v) is 12.6. The van der Waals surface area contributed by atoms with Crippen molar-refractivity contribution in [1.82, 2.24) is 4.90 Å². The van der Waals surface area contributed by atoms with Crippen LogP contribution in [0, 0.1) is 11.3 Å². The van der Waals surface area contributed by atoms with Gasteiger partial charge in [0, 0.05) is 25.7 Å². The molecular weight excluding hydrogens is 238 g/mol. The fraction of sp³-hybridized carbons (Fsp3) is 0.938. The lowest BCUT2D eigenvalue weighted by Gasteiger charge is -2.40. The van der Waals surface area contributed by atoms with Crippen LogP contribution in [0.3, 0.4) is 0 Å². The number of ether oxygens (including phenoxy) is 1. The molecule has 1 aliphatic carbocycles. The number of nitrogens with zero attached hydrogens (tertiary/aromatic N) is 1. The fourth-order valence-electron chi connectivity index (χ4n) is 3.61. The Balaban J connectivity index is 2.02. The molecule has 2 aliphatic rings. The predicted octanol–water partition coefficient (Wildman–Crippen LogP) is 2.88. The molecule has 19 heavy (non-hydrogen) atoms. The van der Waals surface area contributed by atoms with Crippen molar-refractivity contribution in [2.24, 2.45) is 11.3 Å². The lowest BCUT2D eigenvalue weighted by Crippen LogP contribution is -2.48. The standard InChI is InChI=1S/C16H29NO2/c1-14(2)10-17(15-6-3-4-7-15)11-16(12-18)8-5-9-19-13-16/h12,14-15H,3-11,13H2,1-2H3. The fourth-order valence-corrected chi connectivity index (χ4v) is 3.61. The number of rotatable bonds is 6. The summed E-state index contributed by atoms with van der Waals surface area (Å²) >= 11 is 0. The minimum absolute atomic E-state index is 0.240. The van der Waals surface area contributed by atoms with Crippen molar-refractivity contribution in [1.29, 1.82) is 0 Å². The van der Waals surface area contributed by atoms with Gasteiger partial charge in [0.15, 0.2) is 0 Å². The Labute approximate surface area is 117 Å². The molecule has 0 N–H and O–H groups in total. The third-order valence-electron chi connectivity index (χ3n) is 4.56. The van der Waals surface area contributed by atoms with Gasteiger partial charge in [-0.25, -0.2) is 0 Å². The molecule has 0 aromatic rings. The SMILES string of the molecule is CC(C)CN(CC1(C=O)CCCOC1)C1CCCC1. The highest BCUT2D eigenvalue weighted by Crippen LogP contribution is 2.32. The molecule has 0 bridgehead atoms. The maximum Gasteiger partial charge on any atom is 0.129 e. The van der Waals surface area contributed by atoms with Gasteiger partial charge in [0.1, 0.15) is 6.29 Å². The Bertz CT molecular complexity index is 278. The average Bonchev–Trinajstić information content (AvgIpc) is 2.92. The van der Waals surface area contributed by atoms with Gasteiger partial charge in [-0.3, -0.25) is 4.90 Å². The Morgan fingerprint density at radius 3 is 2.58 bits per heavy atom. The van der Waals surface area contributed by atoms with Gasteiger partial charge in [-0.15, -0.1) is 0 Å². The topological polar surface area (TPSA) is 29.5 Å². The van der Waals surface area contributed by atoms with E-state index >= 15 is 0 Å². The van der Waals surface area contributed by atoms with Crippen LogP contribution in [0.2, 0.25) is 0 Å². The largest absolute Gasteiger partial charge is 0.380 e. The van der Waals surface area contributed by atoms with E-state index in [2.05, 4.69) is 18.7 Å². The highest BCUT2D eigenvalue weighted by atomic mass is 16.5. The van der Waals surface area contributed by atoms with Crippen molar-refractivity contribution < 1.29 is 9.53 Å². The van der Waals surface area contributed by atoms with E-state index in [1.54, 1.807) is 0 Å². The summed E-state index contributed by atoms with van der Waals surface area (Å²) in [7, 11) is 0. The third-order valence-corrected chi connectivity index (χ3v) is 4.56. The lowest BCUT2D eigenvalue weighted by molar-refractivity contribution is -0.126. The smallest absolute Gasteiger partial charge is 0.129 e. The first-order valence-corrected chi connectivity index (χ1v) is 7.93. The molecule has 1 atom stereocenters. The van der Waals surface area contributed by atoms with Crippen LogP contribution in [-0.4, -0.2) is 43.5 Å². The molecule has 0 amide bonds. The van der Waals surface area contributed by atoms with Crippen molar-refractivity contribution in [3.8, 4) is 0 Å². The summed E-state index contributed by atoms with van der Waals surface area (Å²) in [6, 6.07) is 0.696. The molecule has 1 heterocycles. The monoisotopic (exact) mass is 267 g/mol. The second-order valence-corrected chi connectivity index (χ2v) is 6.90. The van der Waals surface area contributed by atoms with Gasteiger partial charge in [-0.1, -0.05) is 26.7 Å². The summed E-state index contributed by atoms with van der Waals surface area (Å²) in [6.07, 6.45) is 8.52. The summed E-state index contributed by atoms with van der Waals surface area (Å²) in [4.78, 5) is 14.2. The molecule has 2 rings (SSSR count). The van der Waals surface area contributed by atoms with Crippen LogP contribution in [0.25, 0.3) is 0 Å². The predicted molar refractivity (Wildman–Crippen MR) is 77.2 cm³/mol. The van der Waals surface area contributed by atoms with E-state index < -0.39 is 0 Å². The quantitative estimate of drug-likeness (QED) is 0.693. The van der Waals surface area contributed by atoms with Crippen LogP contribution < -0.4 is 0 Å². The maximum atomic E-state index is 11.6. The number of carbonyl (C=O) groups excluding carboxylic acids is 1. The van der Waals surface area contributed by atoms with Crippen LogP contribution in [0.1, 0.15) is 52.4 Å². The molecular formula is C16H29NO2. The van der Waals surface area contributed by atoms with Crippen LogP contribution >= 0.6 is 0 Å². The van der Waals surface area contributed by atoms with Crippen molar-refractivity contribution in [3.63, 3.8) is 0 Å². The Morgan fingerprint density at radius 2 is 2.05 bits per heavy atom. The molecule has 1 aliphatic heterocycles. The molecule has 3 heteroatoms. The molecule has 0 aromatic carbocycles. The first-order chi connectivity index (χ1) is 9.15. The summed E-state index contributed by atoms with van der Waals surface area (Å²) in [5.74, 6) is 0.661. The number of hydrogen-bond donors (Lipinski definition) is 0. The summed E-state index contributed by atoms with van der Waals surface area (Å²) in [6.45, 7) is 8.00. The van der Waals surface area contributed by atoms with Crippen LogP contribution in [0.15, 0.2) is 0 Å². The zero-order valence-electron chi connectivity index (χ0n) is 12.6. The Morgan fingerprint density at radius 1 is 1.32 bits per heavy atom. The van der Waals surface area contributed by atoms with Crippen molar-refractivity contribution in [2.45, 2.75) is 58.4 Å². The average molecular weight is 267 g/mol. The molecule has 0 radical (unpaired) electrons. The van der Waals surface area contributed by atoms with E-state index in [1.807, 2.05) is 0 Å². The van der Waals surface area contributed by atoms with Crippen LogP contribution in [0.4, 0.5) is 0 Å². The molecule has 0 aromatic heterocycles. The van der Waals surface area contributed by atoms with Crippen LogP contribution in [0.5, 0.6) is 0 Å². The maximum absolute atomic E-state index is 11.6. The molecule has 3 nitrogen and oxygen atoms in total. The summed E-state index contributed by atoms with van der Waals surface area (Å²) in [5.41, 5.74) is -0.240. The first-order valence-electron chi connectivity index (χ1n) is 7.93. The number of hydrogen-bond acceptors (Lipinski definition) is 3. The van der Waals surface area contributed by atoms with Crippen LogP contribution in [-0.2, 0) is 9.53 Å². The van der Waals surface area contributed by atoms with Gasteiger partial charge in [0.05, 0.1) is 12.0 Å². The van der Waals surface area contributed by atoms with E-state index in [1.165, 1.54) is 32.0 Å². The second-order valence-electron chi connectivity index (χ2n) is 6.90. The zero-order chi connectivity index (χ0) is 13.7. The van der Waals surface area contributed by atoms with Gasteiger partial charge in [0.25, 0.3) is 0 Å². The molecule has 0 spiro atoms. The van der Waals surface area contributed by atoms with E-state index in [0.717, 1.165) is 32.5 Å². The van der Waals surface area contributed by atoms with Gasteiger partial charge >= 0.3 is 0 Å². The number of carbonyl (C=O) groups is 1. The van der Waals surface area contributed by atoms with Gasteiger partial charge in [0.2, 0.25) is 0 Å². The normalized spacial score (nSPS) is 29.3. The van der Waals surface area contributed by atoms with E-state index in [9.17, 15) is 4.79 Å². The van der Waals surface area contributed by atoms with E-state index in [4.69, 9.17) is 4.74 Å². The highest BCUT2D eigenvalue weighted by Gasteiger charge is 2.37. The van der Waals surface area contributed by atoms with Gasteiger partial charge < -0.3 is 9.53 Å². The summed E-state index contributed by atoms with van der Waals surface area (Å²) in [5, 5.41) is 0. The molecule has 2 fully saturated rings. The molecule has 110 valence electrons. The van der Waals surface area contributed by atoms with Crippen molar-refractivity contribution >= 4 is 6.29 Å². The summed E-state index contributed by atoms with van der Waals surface area (Å²) < 4.78 is 5.59. The lowest BCUT2D eigenvalue weighted by atomic mass is 9.83. The first kappa shape index (κ1) is 15.0. The molecule has 1 saturated carbocycles. The molecule has 1 unspecified atom stereocenters. The second kappa shape index (κ2) is 6.85. The van der Waals surface area contributed by atoms with E-state index in [0.29, 0.717) is 18.6 Å².